The van der Waals surface area contributed by atoms with Crippen molar-refractivity contribution in [2.24, 2.45) is 34.5 Å². The van der Waals surface area contributed by atoms with Gasteiger partial charge < -0.3 is 10.2 Å². The standard InChI is InChI=1S/C26H44O2.5C2H6/c1-24(2,28)14-6-5-7-18-9-11-22-21-10-8-19-17-20(27)12-15-26(19,4)23(21)13-16-25(18,22)3;5*1-2/h8,18,20-23,27-28H,5-7,9-17H2,1-4H3;5*1-2H3/t18-,20?,21?,22?,23?,25?,26?;;;;;/m0...../s1. The topological polar surface area (TPSA) is 40.5 Å². The van der Waals surface area contributed by atoms with Crippen molar-refractivity contribution >= 4 is 0 Å². The summed E-state index contributed by atoms with van der Waals surface area (Å²) in [6.07, 6.45) is 17.3. The van der Waals surface area contributed by atoms with Gasteiger partial charge in [0.05, 0.1) is 11.7 Å². The number of aliphatic hydroxyl groups excluding tert-OH is 1. The third-order valence-corrected chi connectivity index (χ3v) is 9.87. The number of hydrogen-bond donors (Lipinski definition) is 2. The molecule has 4 aliphatic rings. The molecule has 0 heterocycles. The molecule has 2 heteroatoms. The van der Waals surface area contributed by atoms with Gasteiger partial charge in [-0.15, -0.1) is 0 Å². The molecule has 0 amide bonds. The minimum atomic E-state index is -0.505. The van der Waals surface area contributed by atoms with E-state index in [2.05, 4.69) is 19.9 Å². The third kappa shape index (κ3) is 9.94. The van der Waals surface area contributed by atoms with Crippen molar-refractivity contribution in [2.45, 2.75) is 186 Å². The predicted octanol–water partition coefficient (Wildman–Crippen LogP) is 11.4. The molecule has 0 aliphatic heterocycles. The molecule has 3 fully saturated rings. The minimum absolute atomic E-state index is 0.0931. The zero-order valence-corrected chi connectivity index (χ0v) is 28.8. The highest BCUT2D eigenvalue weighted by molar-refractivity contribution is 5.25. The second-order valence-corrected chi connectivity index (χ2v) is 12.0. The maximum Gasteiger partial charge on any atom is 0.0591 e. The number of fused-ring (bicyclic) bond motifs is 5. The van der Waals surface area contributed by atoms with Crippen LogP contribution in [0.25, 0.3) is 0 Å². The zero-order valence-electron chi connectivity index (χ0n) is 28.8. The Balaban J connectivity index is 0. The molecule has 0 spiro atoms. The van der Waals surface area contributed by atoms with E-state index in [-0.39, 0.29) is 6.10 Å². The van der Waals surface area contributed by atoms with Crippen LogP contribution in [0.15, 0.2) is 11.6 Å². The summed E-state index contributed by atoms with van der Waals surface area (Å²) in [5, 5.41) is 20.2. The van der Waals surface area contributed by atoms with Gasteiger partial charge in [-0.3, -0.25) is 0 Å². The fraction of sp³-hybridized carbons (Fsp3) is 0.944. The molecule has 38 heavy (non-hydrogen) atoms. The van der Waals surface area contributed by atoms with Gasteiger partial charge in [0, 0.05) is 0 Å². The van der Waals surface area contributed by atoms with Crippen molar-refractivity contribution in [1.29, 1.82) is 0 Å². The summed E-state index contributed by atoms with van der Waals surface area (Å²) in [5.74, 6) is 3.54. The Bertz CT molecular complexity index is 603. The molecule has 6 unspecified atom stereocenters. The summed E-state index contributed by atoms with van der Waals surface area (Å²) < 4.78 is 0. The maximum absolute atomic E-state index is 10.2. The molecule has 0 aromatic carbocycles. The van der Waals surface area contributed by atoms with Gasteiger partial charge in [0.15, 0.2) is 0 Å². The monoisotopic (exact) mass is 539 g/mol. The molecule has 7 atom stereocenters. The van der Waals surface area contributed by atoms with Crippen molar-refractivity contribution < 1.29 is 10.2 Å². The van der Waals surface area contributed by atoms with E-state index in [4.69, 9.17) is 0 Å². The number of rotatable bonds is 5. The van der Waals surface area contributed by atoms with Crippen LogP contribution in [-0.2, 0) is 0 Å². The first kappa shape index (κ1) is 39.8. The Kier molecular flexibility index (Phi) is 20.6. The molecule has 0 radical (unpaired) electrons. The third-order valence-electron chi connectivity index (χ3n) is 9.87. The fourth-order valence-corrected chi connectivity index (χ4v) is 8.17. The van der Waals surface area contributed by atoms with Crippen LogP contribution in [0.3, 0.4) is 0 Å². The summed E-state index contributed by atoms with van der Waals surface area (Å²) >= 11 is 0. The summed E-state index contributed by atoms with van der Waals surface area (Å²) in [5.41, 5.74) is 2.01. The van der Waals surface area contributed by atoms with E-state index >= 15 is 0 Å². The van der Waals surface area contributed by atoms with E-state index in [1.54, 1.807) is 5.57 Å². The van der Waals surface area contributed by atoms with Crippen LogP contribution in [0.1, 0.15) is 174 Å². The quantitative estimate of drug-likeness (QED) is 0.270. The summed E-state index contributed by atoms with van der Waals surface area (Å²) in [4.78, 5) is 0. The van der Waals surface area contributed by atoms with Crippen molar-refractivity contribution in [3.8, 4) is 0 Å². The lowest BCUT2D eigenvalue weighted by Gasteiger charge is -2.58. The van der Waals surface area contributed by atoms with Crippen LogP contribution in [0.5, 0.6) is 0 Å². The Labute approximate surface area is 241 Å². The summed E-state index contributed by atoms with van der Waals surface area (Å²) in [6.45, 7) is 29.1. The van der Waals surface area contributed by atoms with Gasteiger partial charge in [0.1, 0.15) is 0 Å². The highest BCUT2D eigenvalue weighted by Gasteiger charge is 2.58. The number of aliphatic hydroxyl groups is 2. The van der Waals surface area contributed by atoms with E-state index < -0.39 is 5.60 Å². The van der Waals surface area contributed by atoms with Gasteiger partial charge in [0.2, 0.25) is 0 Å². The van der Waals surface area contributed by atoms with Crippen LogP contribution >= 0.6 is 0 Å². The molecule has 230 valence electrons. The lowest BCUT2D eigenvalue weighted by Crippen LogP contribution is -2.50. The van der Waals surface area contributed by atoms with Crippen LogP contribution in [0.2, 0.25) is 0 Å². The first-order valence-corrected chi connectivity index (χ1v) is 17.2. The molecule has 0 aromatic heterocycles. The van der Waals surface area contributed by atoms with Gasteiger partial charge in [-0.25, -0.2) is 0 Å². The van der Waals surface area contributed by atoms with Crippen molar-refractivity contribution in [1.82, 2.24) is 0 Å². The second-order valence-electron chi connectivity index (χ2n) is 12.0. The molecule has 3 saturated carbocycles. The normalized spacial score (nSPS) is 34.5. The molecule has 4 aliphatic carbocycles. The lowest BCUT2D eigenvalue weighted by molar-refractivity contribution is -0.0510. The minimum Gasteiger partial charge on any atom is -0.393 e. The van der Waals surface area contributed by atoms with Gasteiger partial charge in [-0.05, 0) is 113 Å². The van der Waals surface area contributed by atoms with Crippen LogP contribution in [0.4, 0.5) is 0 Å². The number of hydrogen-bond acceptors (Lipinski definition) is 2. The van der Waals surface area contributed by atoms with Crippen molar-refractivity contribution in [3.63, 3.8) is 0 Å². The van der Waals surface area contributed by atoms with Gasteiger partial charge >= 0.3 is 0 Å². The second kappa shape index (κ2) is 19.7. The van der Waals surface area contributed by atoms with E-state index in [0.29, 0.717) is 10.8 Å². The van der Waals surface area contributed by atoms with Gasteiger partial charge in [-0.1, -0.05) is 108 Å². The SMILES string of the molecule is CC.CC.CC.CC.CC.CC(C)(O)CCCC[C@H]1CCC2C3CC=C4CC(O)CCC4(C)C3CCC21C. The van der Waals surface area contributed by atoms with Crippen molar-refractivity contribution in [2.75, 3.05) is 0 Å². The highest BCUT2D eigenvalue weighted by Crippen LogP contribution is 2.66. The molecular formula is C36H74O2. The van der Waals surface area contributed by atoms with E-state index in [1.807, 2.05) is 83.1 Å². The van der Waals surface area contributed by atoms with Crippen LogP contribution in [-0.4, -0.2) is 21.9 Å². The fourth-order valence-electron chi connectivity index (χ4n) is 8.17. The average Bonchev–Trinajstić information content (AvgIpc) is 3.28. The van der Waals surface area contributed by atoms with Crippen LogP contribution in [0, 0.1) is 34.5 Å². The molecular weight excluding hydrogens is 464 g/mol. The zero-order chi connectivity index (χ0) is 30.2. The molecule has 4 rings (SSSR count). The summed E-state index contributed by atoms with van der Waals surface area (Å²) in [7, 11) is 0. The lowest BCUT2D eigenvalue weighted by atomic mass is 9.47. The Morgan fingerprint density at radius 2 is 1.37 bits per heavy atom. The largest absolute Gasteiger partial charge is 0.393 e. The average molecular weight is 539 g/mol. The molecule has 0 bridgehead atoms. The summed E-state index contributed by atoms with van der Waals surface area (Å²) in [6, 6.07) is 0. The Morgan fingerprint density at radius 1 is 0.789 bits per heavy atom. The molecule has 0 saturated heterocycles. The number of unbranched alkanes of at least 4 members (excludes halogenated alkanes) is 1. The molecule has 2 N–H and O–H groups in total. The first-order chi connectivity index (χ1) is 18.1. The number of allylic oxidation sites excluding steroid dienone is 1. The maximum atomic E-state index is 10.2. The Hall–Kier alpha value is -0.340. The van der Waals surface area contributed by atoms with Gasteiger partial charge in [-0.2, -0.15) is 0 Å². The van der Waals surface area contributed by atoms with Crippen molar-refractivity contribution in [3.05, 3.63) is 11.6 Å². The molecule has 0 aromatic rings. The van der Waals surface area contributed by atoms with E-state index in [1.165, 1.54) is 57.8 Å². The predicted molar refractivity (Wildman–Crippen MR) is 173 cm³/mol. The van der Waals surface area contributed by atoms with Crippen LogP contribution < -0.4 is 0 Å². The van der Waals surface area contributed by atoms with E-state index in [9.17, 15) is 10.2 Å². The highest BCUT2D eigenvalue weighted by atomic mass is 16.3. The van der Waals surface area contributed by atoms with E-state index in [0.717, 1.165) is 42.9 Å². The smallest absolute Gasteiger partial charge is 0.0591 e. The first-order valence-electron chi connectivity index (χ1n) is 17.2. The van der Waals surface area contributed by atoms with Gasteiger partial charge in [0.25, 0.3) is 0 Å². The molecule has 2 nitrogen and oxygen atoms in total. The Morgan fingerprint density at radius 3 is 1.92 bits per heavy atom.